The Kier molecular flexibility index (Phi) is 2.93. The highest BCUT2D eigenvalue weighted by Gasteiger charge is 2.08. The fourth-order valence-electron chi connectivity index (χ4n) is 1.51. The minimum absolute atomic E-state index is 0.586. The number of hydrogen-bond acceptors (Lipinski definition) is 3. The van der Waals surface area contributed by atoms with Crippen molar-refractivity contribution in [2.75, 3.05) is 13.7 Å². The van der Waals surface area contributed by atoms with E-state index in [-0.39, 0.29) is 0 Å². The predicted octanol–water partition coefficient (Wildman–Crippen LogP) is 1.61. The van der Waals surface area contributed by atoms with E-state index in [1.54, 1.807) is 7.11 Å². The predicted molar refractivity (Wildman–Crippen MR) is 62.2 cm³/mol. The third-order valence-corrected chi connectivity index (χ3v) is 2.83. The minimum Gasteiger partial charge on any atom is -0.495 e. The lowest BCUT2D eigenvalue weighted by Gasteiger charge is -2.02. The Morgan fingerprint density at radius 1 is 1.53 bits per heavy atom. The molecule has 0 atom stereocenters. The van der Waals surface area contributed by atoms with Gasteiger partial charge < -0.3 is 10.5 Å². The maximum absolute atomic E-state index is 5.53. The van der Waals surface area contributed by atoms with Crippen molar-refractivity contribution in [1.82, 2.24) is 9.38 Å². The smallest absolute Gasteiger partial charge is 0.135 e. The minimum atomic E-state index is 0.586. The lowest BCUT2D eigenvalue weighted by atomic mass is 10.4. The van der Waals surface area contributed by atoms with Gasteiger partial charge in [-0.2, -0.15) is 0 Å². The number of nitrogens with zero attached hydrogens (tertiary/aromatic N) is 2. The van der Waals surface area contributed by atoms with Crippen molar-refractivity contribution in [1.29, 1.82) is 0 Å². The Labute approximate surface area is 96.2 Å². The second-order valence-corrected chi connectivity index (χ2v) is 3.93. The quantitative estimate of drug-likeness (QED) is 0.921. The highest BCUT2D eigenvalue weighted by atomic mass is 79.9. The molecule has 0 amide bonds. The van der Waals surface area contributed by atoms with E-state index < -0.39 is 0 Å². The van der Waals surface area contributed by atoms with Crippen LogP contribution in [0, 0.1) is 0 Å². The molecule has 0 aliphatic heterocycles. The molecule has 2 aromatic rings. The number of ether oxygens (including phenoxy) is 1. The van der Waals surface area contributed by atoms with Gasteiger partial charge in [0.25, 0.3) is 0 Å². The van der Waals surface area contributed by atoms with E-state index in [2.05, 4.69) is 20.9 Å². The third-order valence-electron chi connectivity index (χ3n) is 2.24. The summed E-state index contributed by atoms with van der Waals surface area (Å²) in [4.78, 5) is 4.40. The molecule has 0 aromatic carbocycles. The first-order chi connectivity index (χ1) is 7.26. The van der Waals surface area contributed by atoms with Gasteiger partial charge >= 0.3 is 0 Å². The zero-order valence-corrected chi connectivity index (χ0v) is 9.99. The number of hydrogen-bond donors (Lipinski definition) is 1. The summed E-state index contributed by atoms with van der Waals surface area (Å²) in [5.41, 5.74) is 6.56. The molecule has 2 heterocycles. The normalized spacial score (nSPS) is 10.9. The maximum atomic E-state index is 5.53. The Morgan fingerprint density at radius 3 is 3.00 bits per heavy atom. The summed E-state index contributed by atoms with van der Waals surface area (Å²) in [6, 6.07) is 3.88. The van der Waals surface area contributed by atoms with Gasteiger partial charge in [0.05, 0.1) is 18.8 Å². The molecule has 2 N–H and O–H groups in total. The SMILES string of the molecule is COc1ccc2c(Br)nc(CCN)n2c1. The third kappa shape index (κ3) is 1.85. The molecule has 0 saturated carbocycles. The molecule has 0 bridgehead atoms. The molecule has 0 radical (unpaired) electrons. The first-order valence-electron chi connectivity index (χ1n) is 4.67. The highest BCUT2D eigenvalue weighted by molar-refractivity contribution is 9.10. The highest BCUT2D eigenvalue weighted by Crippen LogP contribution is 2.22. The number of nitrogens with two attached hydrogens (primary N) is 1. The van der Waals surface area contributed by atoms with Crippen LogP contribution in [0.1, 0.15) is 5.82 Å². The van der Waals surface area contributed by atoms with Crippen molar-refractivity contribution in [2.24, 2.45) is 5.73 Å². The number of methoxy groups -OCH3 is 1. The van der Waals surface area contributed by atoms with Gasteiger partial charge in [0.2, 0.25) is 0 Å². The Bertz CT molecular complexity index is 481. The zero-order chi connectivity index (χ0) is 10.8. The lowest BCUT2D eigenvalue weighted by Crippen LogP contribution is -2.06. The van der Waals surface area contributed by atoms with E-state index in [0.29, 0.717) is 6.54 Å². The van der Waals surface area contributed by atoms with E-state index in [1.165, 1.54) is 0 Å². The van der Waals surface area contributed by atoms with Crippen LogP contribution in [0.3, 0.4) is 0 Å². The van der Waals surface area contributed by atoms with Crippen LogP contribution in [0.4, 0.5) is 0 Å². The van der Waals surface area contributed by atoms with Crippen molar-refractivity contribution in [3.63, 3.8) is 0 Å². The van der Waals surface area contributed by atoms with Gasteiger partial charge in [0.1, 0.15) is 16.2 Å². The fraction of sp³-hybridized carbons (Fsp3) is 0.300. The number of aromatic nitrogens is 2. The molecule has 2 rings (SSSR count). The summed E-state index contributed by atoms with van der Waals surface area (Å²) in [7, 11) is 1.65. The largest absolute Gasteiger partial charge is 0.495 e. The van der Waals surface area contributed by atoms with E-state index in [4.69, 9.17) is 10.5 Å². The molecule has 5 heteroatoms. The summed E-state index contributed by atoms with van der Waals surface area (Å²) >= 11 is 3.42. The molecule has 80 valence electrons. The summed E-state index contributed by atoms with van der Waals surface area (Å²) in [6.07, 6.45) is 2.66. The van der Waals surface area contributed by atoms with Crippen LogP contribution in [-0.4, -0.2) is 23.0 Å². The first kappa shape index (κ1) is 10.4. The van der Waals surface area contributed by atoms with E-state index >= 15 is 0 Å². The Hall–Kier alpha value is -1.07. The molecule has 0 saturated heterocycles. The van der Waals surface area contributed by atoms with Gasteiger partial charge in [0, 0.05) is 6.42 Å². The van der Waals surface area contributed by atoms with E-state index in [9.17, 15) is 0 Å². The molecular formula is C10H12BrN3O. The summed E-state index contributed by atoms with van der Waals surface area (Å²) in [6.45, 7) is 0.586. The Balaban J connectivity index is 2.60. The molecule has 0 fully saturated rings. The van der Waals surface area contributed by atoms with Crippen LogP contribution >= 0.6 is 15.9 Å². The van der Waals surface area contributed by atoms with Gasteiger partial charge in [0.15, 0.2) is 0 Å². The number of rotatable bonds is 3. The molecule has 2 aromatic heterocycles. The van der Waals surface area contributed by atoms with E-state index in [0.717, 1.165) is 28.1 Å². The zero-order valence-electron chi connectivity index (χ0n) is 8.40. The standard InChI is InChI=1S/C10H12BrN3O/c1-15-7-2-3-8-10(11)13-9(4-5-12)14(8)6-7/h2-3,6H,4-5,12H2,1H3. The number of imidazole rings is 1. The molecule has 0 aliphatic carbocycles. The molecule has 0 unspecified atom stereocenters. The number of fused-ring (bicyclic) bond motifs is 1. The van der Waals surface area contributed by atoms with Crippen LogP contribution in [0.5, 0.6) is 5.75 Å². The first-order valence-corrected chi connectivity index (χ1v) is 5.46. The molecular weight excluding hydrogens is 258 g/mol. The second kappa shape index (κ2) is 4.20. The Morgan fingerprint density at radius 2 is 2.33 bits per heavy atom. The van der Waals surface area contributed by atoms with Gasteiger partial charge in [-0.1, -0.05) is 0 Å². The summed E-state index contributed by atoms with van der Waals surface area (Å²) in [5, 5.41) is 0. The van der Waals surface area contributed by atoms with Crippen molar-refractivity contribution >= 4 is 21.4 Å². The second-order valence-electron chi connectivity index (χ2n) is 3.18. The van der Waals surface area contributed by atoms with Crippen molar-refractivity contribution in [3.8, 4) is 5.75 Å². The summed E-state index contributed by atoms with van der Waals surface area (Å²) in [5.74, 6) is 1.75. The van der Waals surface area contributed by atoms with Crippen molar-refractivity contribution in [2.45, 2.75) is 6.42 Å². The monoisotopic (exact) mass is 269 g/mol. The van der Waals surface area contributed by atoms with Crippen molar-refractivity contribution < 1.29 is 4.74 Å². The number of halogens is 1. The van der Waals surface area contributed by atoms with Crippen LogP contribution < -0.4 is 10.5 Å². The van der Waals surface area contributed by atoms with Gasteiger partial charge in [-0.25, -0.2) is 4.98 Å². The van der Waals surface area contributed by atoms with Crippen molar-refractivity contribution in [3.05, 3.63) is 28.8 Å². The number of pyridine rings is 1. The maximum Gasteiger partial charge on any atom is 0.135 e. The van der Waals surface area contributed by atoms with Gasteiger partial charge in [-0.15, -0.1) is 0 Å². The average Bonchev–Trinajstić information content (AvgIpc) is 2.56. The van der Waals surface area contributed by atoms with Gasteiger partial charge in [-0.05, 0) is 34.6 Å². The van der Waals surface area contributed by atoms with Crippen LogP contribution in [-0.2, 0) is 6.42 Å². The van der Waals surface area contributed by atoms with Gasteiger partial charge in [-0.3, -0.25) is 4.40 Å². The topological polar surface area (TPSA) is 52.5 Å². The van der Waals surface area contributed by atoms with E-state index in [1.807, 2.05) is 22.7 Å². The average molecular weight is 270 g/mol. The molecule has 0 aliphatic rings. The summed E-state index contributed by atoms with van der Waals surface area (Å²) < 4.78 is 8.01. The molecule has 4 nitrogen and oxygen atoms in total. The molecule has 0 spiro atoms. The molecule has 15 heavy (non-hydrogen) atoms. The van der Waals surface area contributed by atoms with Crippen LogP contribution in [0.25, 0.3) is 5.52 Å². The van der Waals surface area contributed by atoms with Crippen LogP contribution in [0.2, 0.25) is 0 Å². The lowest BCUT2D eigenvalue weighted by molar-refractivity contribution is 0.412. The fourth-order valence-corrected chi connectivity index (χ4v) is 2.04. The van der Waals surface area contributed by atoms with Crippen LogP contribution in [0.15, 0.2) is 22.9 Å².